The molecule has 1 fully saturated rings. The summed E-state index contributed by atoms with van der Waals surface area (Å²) in [6.07, 6.45) is 6.30. The van der Waals surface area contributed by atoms with Crippen molar-refractivity contribution in [3.05, 3.63) is 47.7 Å². The summed E-state index contributed by atoms with van der Waals surface area (Å²) in [5.41, 5.74) is 1.70. The highest BCUT2D eigenvalue weighted by molar-refractivity contribution is 5.58. The highest BCUT2D eigenvalue weighted by atomic mass is 16.3. The summed E-state index contributed by atoms with van der Waals surface area (Å²) >= 11 is 0. The molecule has 7 nitrogen and oxygen atoms in total. The largest absolute Gasteiger partial charge is 0.494 e. The fourth-order valence-corrected chi connectivity index (χ4v) is 4.93. The highest BCUT2D eigenvalue weighted by Gasteiger charge is 2.41. The molecule has 1 aliphatic heterocycles. The van der Waals surface area contributed by atoms with Gasteiger partial charge in [0.25, 0.3) is 0 Å². The average Bonchev–Trinajstić information content (AvgIpc) is 3.39. The molecule has 5 rings (SSSR count). The number of aromatic hydroxyl groups is 2. The van der Waals surface area contributed by atoms with Crippen LogP contribution in [-0.2, 0) is 6.54 Å². The zero-order chi connectivity index (χ0) is 19.3. The minimum Gasteiger partial charge on any atom is -0.494 e. The number of rotatable bonds is 5. The third kappa shape index (κ3) is 2.86. The molecule has 3 N–H and O–H groups in total. The van der Waals surface area contributed by atoms with Crippen LogP contribution in [0.3, 0.4) is 0 Å². The molecule has 0 saturated carbocycles. The minimum absolute atomic E-state index is 0.114. The van der Waals surface area contributed by atoms with Crippen molar-refractivity contribution in [1.82, 2.24) is 14.5 Å². The summed E-state index contributed by atoms with van der Waals surface area (Å²) < 4.78 is 1.48. The Kier molecular flexibility index (Phi) is 4.29. The summed E-state index contributed by atoms with van der Waals surface area (Å²) in [6.45, 7) is 4.15. The molecule has 2 bridgehead atoms. The van der Waals surface area contributed by atoms with E-state index in [0.717, 1.165) is 49.5 Å². The number of hydrogen-bond donors (Lipinski definition) is 3. The minimum atomic E-state index is -0.656. The number of hydrogen-bond acceptors (Lipinski definition) is 6. The number of aromatic nitrogens is 2. The van der Waals surface area contributed by atoms with Gasteiger partial charge in [-0.25, -0.2) is 4.98 Å². The molecule has 0 radical (unpaired) electrons. The van der Waals surface area contributed by atoms with Crippen LogP contribution in [0.2, 0.25) is 0 Å². The average molecular weight is 382 g/mol. The summed E-state index contributed by atoms with van der Waals surface area (Å²) in [5.74, 6) is 1.61. The van der Waals surface area contributed by atoms with Gasteiger partial charge in [-0.05, 0) is 18.6 Å². The van der Waals surface area contributed by atoms with Crippen LogP contribution in [0.25, 0.3) is 0 Å². The summed E-state index contributed by atoms with van der Waals surface area (Å²) in [7, 11) is 0. The number of aliphatic hydroxyl groups excluding tert-OH is 1. The Bertz CT molecular complexity index is 851. The van der Waals surface area contributed by atoms with Crippen LogP contribution in [0, 0.1) is 0 Å². The van der Waals surface area contributed by atoms with E-state index in [1.165, 1.54) is 4.57 Å². The molecule has 2 aliphatic carbocycles. The van der Waals surface area contributed by atoms with Gasteiger partial charge < -0.3 is 20.2 Å². The molecule has 0 aromatic carbocycles. The lowest BCUT2D eigenvalue weighted by molar-refractivity contribution is 0.0906. The molecule has 3 heterocycles. The smallest absolute Gasteiger partial charge is 0.198 e. The maximum atomic E-state index is 10.6. The maximum absolute atomic E-state index is 10.6. The van der Waals surface area contributed by atoms with E-state index in [9.17, 15) is 15.3 Å². The van der Waals surface area contributed by atoms with Crippen LogP contribution in [0.4, 0.5) is 5.82 Å². The second-order valence-corrected chi connectivity index (χ2v) is 8.05. The number of pyridine rings is 1. The molecule has 1 saturated heterocycles. The Hall–Kier alpha value is -2.51. The SMILES string of the molecule is Oc1c2c(c(O)n1CC(O)CN1CCN(c3ccccn3)CC1)[C@H]1C=CC2C1. The number of aliphatic hydroxyl groups is 1. The Morgan fingerprint density at radius 1 is 0.964 bits per heavy atom. The lowest BCUT2D eigenvalue weighted by Crippen LogP contribution is -2.49. The van der Waals surface area contributed by atoms with Crippen LogP contribution >= 0.6 is 0 Å². The predicted octanol–water partition coefficient (Wildman–Crippen LogP) is 1.62. The van der Waals surface area contributed by atoms with Crippen molar-refractivity contribution >= 4 is 5.82 Å². The topological polar surface area (TPSA) is 85.0 Å². The molecule has 2 aromatic rings. The molecule has 3 aliphatic rings. The number of β-amino-alcohol motifs (C(OH)–C–C–N with tert-alkyl or cyclic N) is 1. The Balaban J connectivity index is 1.20. The number of anilines is 1. The summed E-state index contributed by atoms with van der Waals surface area (Å²) in [6, 6.07) is 5.93. The van der Waals surface area contributed by atoms with Gasteiger partial charge in [0.05, 0.1) is 12.6 Å². The van der Waals surface area contributed by atoms with E-state index in [1.54, 1.807) is 6.20 Å². The molecule has 7 heteroatoms. The van der Waals surface area contributed by atoms with E-state index in [0.29, 0.717) is 6.54 Å². The van der Waals surface area contributed by atoms with E-state index < -0.39 is 6.10 Å². The second kappa shape index (κ2) is 6.83. The van der Waals surface area contributed by atoms with Crippen LogP contribution in [0.5, 0.6) is 11.8 Å². The van der Waals surface area contributed by atoms with Crippen molar-refractivity contribution in [2.75, 3.05) is 37.6 Å². The molecule has 2 unspecified atom stereocenters. The Morgan fingerprint density at radius 3 is 2.25 bits per heavy atom. The van der Waals surface area contributed by atoms with Crippen molar-refractivity contribution in [3.8, 4) is 11.8 Å². The lowest BCUT2D eigenvalue weighted by Gasteiger charge is -2.36. The van der Waals surface area contributed by atoms with E-state index in [2.05, 4.69) is 26.9 Å². The molecule has 148 valence electrons. The molecule has 2 aromatic heterocycles. The van der Waals surface area contributed by atoms with Crippen molar-refractivity contribution in [1.29, 1.82) is 0 Å². The number of nitrogens with zero attached hydrogens (tertiary/aromatic N) is 4. The van der Waals surface area contributed by atoms with Gasteiger partial charge in [0.15, 0.2) is 11.8 Å². The third-order valence-electron chi connectivity index (χ3n) is 6.32. The standard InChI is InChI=1S/C21H26N4O3/c26-16(12-23-7-9-24(10-8-23)17-3-1-2-6-22-17)13-25-20(27)18-14-4-5-15(11-14)19(18)21(25)28/h1-6,14-16,26-28H,7-13H2/t14-,15?,16?/m0/s1. The summed E-state index contributed by atoms with van der Waals surface area (Å²) in [4.78, 5) is 8.87. The molecule has 28 heavy (non-hydrogen) atoms. The predicted molar refractivity (Wildman–Crippen MR) is 106 cm³/mol. The van der Waals surface area contributed by atoms with Gasteiger partial charge in [-0.2, -0.15) is 0 Å². The van der Waals surface area contributed by atoms with Crippen LogP contribution < -0.4 is 4.90 Å². The fourth-order valence-electron chi connectivity index (χ4n) is 4.93. The molecular formula is C21H26N4O3. The third-order valence-corrected chi connectivity index (χ3v) is 6.32. The van der Waals surface area contributed by atoms with Gasteiger partial charge in [-0.15, -0.1) is 0 Å². The van der Waals surface area contributed by atoms with Gasteiger partial charge in [0.2, 0.25) is 0 Å². The monoisotopic (exact) mass is 382 g/mol. The van der Waals surface area contributed by atoms with Gasteiger partial charge in [0, 0.05) is 61.9 Å². The first kappa shape index (κ1) is 17.6. The van der Waals surface area contributed by atoms with Crippen LogP contribution in [0.1, 0.15) is 29.4 Å². The van der Waals surface area contributed by atoms with Gasteiger partial charge in [-0.3, -0.25) is 9.47 Å². The van der Waals surface area contributed by atoms with Crippen LogP contribution in [0.15, 0.2) is 36.5 Å². The van der Waals surface area contributed by atoms with E-state index in [-0.39, 0.29) is 30.1 Å². The van der Waals surface area contributed by atoms with Gasteiger partial charge in [0.1, 0.15) is 5.82 Å². The van der Waals surface area contributed by atoms with Crippen LogP contribution in [-0.4, -0.2) is 68.6 Å². The zero-order valence-corrected chi connectivity index (χ0v) is 15.8. The summed E-state index contributed by atoms with van der Waals surface area (Å²) in [5, 5.41) is 31.8. The number of piperazine rings is 1. The van der Waals surface area contributed by atoms with E-state index in [1.807, 2.05) is 18.2 Å². The van der Waals surface area contributed by atoms with Crippen molar-refractivity contribution in [3.63, 3.8) is 0 Å². The number of allylic oxidation sites excluding steroid dienone is 2. The molecule has 0 spiro atoms. The quantitative estimate of drug-likeness (QED) is 0.682. The normalized spacial score (nSPS) is 24.7. The van der Waals surface area contributed by atoms with Crippen molar-refractivity contribution < 1.29 is 15.3 Å². The first-order valence-corrected chi connectivity index (χ1v) is 10.0. The second-order valence-electron chi connectivity index (χ2n) is 8.05. The van der Waals surface area contributed by atoms with Gasteiger partial charge in [-0.1, -0.05) is 18.2 Å². The lowest BCUT2D eigenvalue weighted by atomic mass is 10.0. The van der Waals surface area contributed by atoms with Crippen molar-refractivity contribution in [2.24, 2.45) is 0 Å². The van der Waals surface area contributed by atoms with E-state index in [4.69, 9.17) is 0 Å². The van der Waals surface area contributed by atoms with Crippen molar-refractivity contribution in [2.45, 2.75) is 30.9 Å². The molecule has 0 amide bonds. The zero-order valence-electron chi connectivity index (χ0n) is 15.8. The number of fused-ring (bicyclic) bond motifs is 5. The Labute approximate surface area is 164 Å². The molecule has 3 atom stereocenters. The highest BCUT2D eigenvalue weighted by Crippen LogP contribution is 2.56. The maximum Gasteiger partial charge on any atom is 0.198 e. The van der Waals surface area contributed by atoms with Gasteiger partial charge >= 0.3 is 0 Å². The first-order chi connectivity index (χ1) is 13.6. The first-order valence-electron chi connectivity index (χ1n) is 10.0. The van der Waals surface area contributed by atoms with E-state index >= 15 is 0 Å². The molecular weight excluding hydrogens is 356 g/mol. The fraction of sp³-hybridized carbons (Fsp3) is 0.476. The Morgan fingerprint density at radius 2 is 1.64 bits per heavy atom.